The second-order valence-corrected chi connectivity index (χ2v) is 11.4. The van der Waals surface area contributed by atoms with Crippen molar-refractivity contribution in [3.8, 4) is 23.1 Å². The van der Waals surface area contributed by atoms with Gasteiger partial charge < -0.3 is 29.2 Å². The topological polar surface area (TPSA) is 159 Å². The number of rotatable bonds is 11. The van der Waals surface area contributed by atoms with Gasteiger partial charge in [-0.25, -0.2) is 14.6 Å². The maximum absolute atomic E-state index is 12.8. The number of nitrogens with one attached hydrogen (secondary N) is 1. The van der Waals surface area contributed by atoms with Crippen LogP contribution in [0.4, 0.5) is 10.5 Å². The van der Waals surface area contributed by atoms with Crippen molar-refractivity contribution in [2.24, 2.45) is 5.41 Å². The zero-order valence-corrected chi connectivity index (χ0v) is 24.8. The summed E-state index contributed by atoms with van der Waals surface area (Å²) >= 11 is 0. The molecule has 0 unspecified atom stereocenters. The van der Waals surface area contributed by atoms with Gasteiger partial charge in [0.15, 0.2) is 0 Å². The Morgan fingerprint density at radius 2 is 1.75 bits per heavy atom. The minimum atomic E-state index is -0.770. The van der Waals surface area contributed by atoms with Crippen molar-refractivity contribution in [1.29, 1.82) is 0 Å². The number of hydrogen-bond donors (Lipinski definition) is 1. The van der Waals surface area contributed by atoms with Crippen LogP contribution in [-0.4, -0.2) is 65.1 Å². The molecule has 0 aliphatic carbocycles. The van der Waals surface area contributed by atoms with Crippen molar-refractivity contribution in [2.75, 3.05) is 20.2 Å². The molecular weight excluding hydrogens is 572 g/mol. The molecule has 1 N–H and O–H groups in total. The molecule has 1 fully saturated rings. The number of methoxy groups -OCH3 is 1. The van der Waals surface area contributed by atoms with Gasteiger partial charge in [0.05, 0.1) is 30.7 Å². The first kappa shape index (κ1) is 31.7. The number of nitrogens with zero attached hydrogens (tertiary/aromatic N) is 3. The summed E-state index contributed by atoms with van der Waals surface area (Å²) in [5.41, 5.74) is 0.159. The van der Waals surface area contributed by atoms with Crippen molar-refractivity contribution in [3.05, 3.63) is 82.5 Å². The first-order valence-electron chi connectivity index (χ1n) is 13.9. The van der Waals surface area contributed by atoms with Crippen molar-refractivity contribution in [1.82, 2.24) is 15.2 Å². The maximum atomic E-state index is 12.8. The van der Waals surface area contributed by atoms with E-state index >= 15 is 0 Å². The number of hydrogen-bond acceptors (Lipinski definition) is 10. The molecule has 0 spiro atoms. The Kier molecular flexibility index (Phi) is 9.99. The number of benzene rings is 2. The van der Waals surface area contributed by atoms with E-state index in [-0.39, 0.29) is 34.4 Å². The molecule has 2 aromatic carbocycles. The average molecular weight is 607 g/mol. The fraction of sp³-hybridized carbons (Fsp3) is 0.355. The Morgan fingerprint density at radius 3 is 2.36 bits per heavy atom. The molecule has 3 aromatic rings. The lowest BCUT2D eigenvalue weighted by Gasteiger charge is -2.37. The van der Waals surface area contributed by atoms with Crippen molar-refractivity contribution in [2.45, 2.75) is 45.8 Å². The van der Waals surface area contributed by atoms with Crippen LogP contribution in [0.25, 0.3) is 0 Å². The zero-order valence-electron chi connectivity index (χ0n) is 24.8. The lowest BCUT2D eigenvalue weighted by atomic mass is 9.88. The van der Waals surface area contributed by atoms with Crippen LogP contribution in [0.2, 0.25) is 0 Å². The highest BCUT2D eigenvalue weighted by Crippen LogP contribution is 2.27. The van der Waals surface area contributed by atoms with E-state index in [4.69, 9.17) is 18.9 Å². The second-order valence-electron chi connectivity index (χ2n) is 11.4. The third-order valence-corrected chi connectivity index (χ3v) is 6.66. The summed E-state index contributed by atoms with van der Waals surface area (Å²) in [6, 6.07) is 14.5. The highest BCUT2D eigenvalue weighted by Gasteiger charge is 2.34. The Balaban J connectivity index is 1.26. The zero-order chi connectivity index (χ0) is 31.9. The first-order valence-corrected chi connectivity index (χ1v) is 13.9. The fourth-order valence-corrected chi connectivity index (χ4v) is 4.17. The summed E-state index contributed by atoms with van der Waals surface area (Å²) in [6.45, 7) is 6.77. The Morgan fingerprint density at radius 1 is 1.05 bits per heavy atom. The van der Waals surface area contributed by atoms with Gasteiger partial charge >= 0.3 is 12.1 Å². The molecule has 13 nitrogen and oxygen atoms in total. The van der Waals surface area contributed by atoms with Gasteiger partial charge in [-0.1, -0.05) is 26.8 Å². The van der Waals surface area contributed by atoms with E-state index in [1.807, 2.05) is 0 Å². The highest BCUT2D eigenvalue weighted by molar-refractivity contribution is 5.96. The van der Waals surface area contributed by atoms with Gasteiger partial charge in [-0.15, -0.1) is 0 Å². The lowest BCUT2D eigenvalue weighted by molar-refractivity contribution is -0.384. The van der Waals surface area contributed by atoms with Crippen LogP contribution < -0.4 is 19.5 Å². The lowest BCUT2D eigenvalue weighted by Crippen LogP contribution is -2.56. The number of nitro benzene ring substituents is 1. The number of carbonyl (C=O) groups is 3. The standard InChI is InChI=1S/C31H34N4O9/c1-31(2,3)15-14-26(29(37)41-4)33-28(36)20-8-13-27(32-17-20)43-24-7-5-6-23(16-24)42-25-18-34(19-25)30(38)44-22-11-9-21(10-12-22)35(39)40/h5-13,16-17,25-26H,14-15,18-19H2,1-4H3,(H,33,36)/t26-/m0/s1. The summed E-state index contributed by atoms with van der Waals surface area (Å²) in [4.78, 5) is 53.2. The molecule has 1 saturated heterocycles. The molecule has 13 heteroatoms. The Bertz CT molecular complexity index is 1480. The molecule has 1 atom stereocenters. The number of non-ortho nitro benzene ring substituents is 1. The number of ether oxygens (including phenoxy) is 4. The van der Waals surface area contributed by atoms with Crippen molar-refractivity contribution >= 4 is 23.7 Å². The van der Waals surface area contributed by atoms with Crippen LogP contribution >= 0.6 is 0 Å². The number of amides is 2. The predicted octanol–water partition coefficient (Wildman–Crippen LogP) is 5.14. The van der Waals surface area contributed by atoms with E-state index in [0.717, 1.165) is 6.42 Å². The van der Waals surface area contributed by atoms with Gasteiger partial charge in [-0.3, -0.25) is 14.9 Å². The summed E-state index contributed by atoms with van der Waals surface area (Å²) in [7, 11) is 1.29. The predicted molar refractivity (Wildman–Crippen MR) is 158 cm³/mol. The largest absolute Gasteiger partial charge is 0.487 e. The second kappa shape index (κ2) is 13.8. The van der Waals surface area contributed by atoms with Crippen molar-refractivity contribution < 1.29 is 38.3 Å². The monoisotopic (exact) mass is 606 g/mol. The molecular formula is C31H34N4O9. The summed E-state index contributed by atoms with van der Waals surface area (Å²) in [6.07, 6.45) is 1.69. The molecule has 2 amide bonds. The Hall–Kier alpha value is -5.20. The molecule has 44 heavy (non-hydrogen) atoms. The number of esters is 1. The van der Waals surface area contributed by atoms with E-state index < -0.39 is 28.9 Å². The summed E-state index contributed by atoms with van der Waals surface area (Å²) < 4.78 is 21.9. The van der Waals surface area contributed by atoms with Crippen LogP contribution in [0, 0.1) is 15.5 Å². The average Bonchev–Trinajstić information content (AvgIpc) is 2.96. The third-order valence-electron chi connectivity index (χ3n) is 6.66. The van der Waals surface area contributed by atoms with E-state index in [9.17, 15) is 24.5 Å². The van der Waals surface area contributed by atoms with Gasteiger partial charge in [0.2, 0.25) is 5.88 Å². The third kappa shape index (κ3) is 8.90. The Labute approximate surface area is 254 Å². The van der Waals surface area contributed by atoms with Gasteiger partial charge in [0.1, 0.15) is 29.4 Å². The molecule has 2 heterocycles. The molecule has 0 bridgehead atoms. The summed E-state index contributed by atoms with van der Waals surface area (Å²) in [5.74, 6) is 0.479. The van der Waals surface area contributed by atoms with E-state index in [1.54, 1.807) is 36.4 Å². The number of pyridine rings is 1. The quantitative estimate of drug-likeness (QED) is 0.176. The molecule has 1 aromatic heterocycles. The fourth-order valence-electron chi connectivity index (χ4n) is 4.17. The molecule has 0 radical (unpaired) electrons. The highest BCUT2D eigenvalue weighted by atomic mass is 16.6. The van der Waals surface area contributed by atoms with Crippen LogP contribution in [0.3, 0.4) is 0 Å². The molecule has 0 saturated carbocycles. The van der Waals surface area contributed by atoms with E-state index in [2.05, 4.69) is 31.1 Å². The first-order chi connectivity index (χ1) is 20.9. The van der Waals surface area contributed by atoms with E-state index in [0.29, 0.717) is 31.0 Å². The minimum absolute atomic E-state index is 0.00906. The van der Waals surface area contributed by atoms with Gasteiger partial charge in [-0.2, -0.15) is 0 Å². The number of aromatic nitrogens is 1. The van der Waals surface area contributed by atoms with Crippen LogP contribution in [-0.2, 0) is 9.53 Å². The molecule has 1 aliphatic rings. The van der Waals surface area contributed by atoms with Crippen LogP contribution in [0.15, 0.2) is 66.9 Å². The van der Waals surface area contributed by atoms with Crippen molar-refractivity contribution in [3.63, 3.8) is 0 Å². The maximum Gasteiger partial charge on any atom is 0.415 e. The molecule has 232 valence electrons. The molecule has 4 rings (SSSR count). The van der Waals surface area contributed by atoms with Gasteiger partial charge in [0, 0.05) is 30.5 Å². The minimum Gasteiger partial charge on any atom is -0.487 e. The number of likely N-dealkylation sites (tertiary alicyclic amines) is 1. The van der Waals surface area contributed by atoms with E-state index in [1.165, 1.54) is 42.5 Å². The van der Waals surface area contributed by atoms with Gasteiger partial charge in [0.25, 0.3) is 11.6 Å². The normalized spacial score (nSPS) is 13.7. The van der Waals surface area contributed by atoms with Crippen LogP contribution in [0.5, 0.6) is 23.1 Å². The smallest absolute Gasteiger partial charge is 0.415 e. The van der Waals surface area contributed by atoms with Gasteiger partial charge in [-0.05, 0) is 48.6 Å². The van der Waals surface area contributed by atoms with Crippen LogP contribution in [0.1, 0.15) is 44.0 Å². The molecule has 1 aliphatic heterocycles. The number of nitro groups is 1. The summed E-state index contributed by atoms with van der Waals surface area (Å²) in [5, 5.41) is 13.5. The SMILES string of the molecule is COC(=O)[C@H](CCC(C)(C)C)NC(=O)c1ccc(Oc2cccc(OC3CN(C(=O)Oc4ccc([N+](=O)[O-])cc4)C3)c2)nc1. The number of carbonyl (C=O) groups excluding carboxylic acids is 3.